The first kappa shape index (κ1) is 14.9. The number of rotatable bonds is 5. The van der Waals surface area contributed by atoms with Gasteiger partial charge in [0.1, 0.15) is 0 Å². The Morgan fingerprint density at radius 1 is 1.55 bits per heavy atom. The summed E-state index contributed by atoms with van der Waals surface area (Å²) in [6, 6.07) is 0.264. The zero-order valence-corrected chi connectivity index (χ0v) is 13.5. The van der Waals surface area contributed by atoms with Crippen LogP contribution in [0.5, 0.6) is 0 Å². The molecule has 2 N–H and O–H groups in total. The van der Waals surface area contributed by atoms with E-state index in [1.54, 1.807) is 6.20 Å². The van der Waals surface area contributed by atoms with Crippen LogP contribution in [0, 0.1) is 0 Å². The lowest BCUT2D eigenvalue weighted by Gasteiger charge is -2.14. The van der Waals surface area contributed by atoms with Gasteiger partial charge in [-0.25, -0.2) is 4.98 Å². The average molecular weight is 321 g/mol. The third-order valence-corrected chi connectivity index (χ3v) is 4.63. The number of carbonyl (C=O) groups is 1. The predicted molar refractivity (Wildman–Crippen MR) is 83.9 cm³/mol. The molecule has 8 nitrogen and oxygen atoms in total. The molecule has 3 rings (SSSR count). The summed E-state index contributed by atoms with van der Waals surface area (Å²) in [5, 5.41) is 5.16. The van der Waals surface area contributed by atoms with Crippen molar-refractivity contribution in [2.75, 3.05) is 32.1 Å². The molecule has 1 unspecified atom stereocenters. The van der Waals surface area contributed by atoms with Crippen LogP contribution < -0.4 is 10.6 Å². The molecule has 0 bridgehead atoms. The number of nitrogens with zero attached hydrogens (tertiary/aromatic N) is 6. The van der Waals surface area contributed by atoms with Crippen LogP contribution in [0.1, 0.15) is 28.6 Å². The van der Waals surface area contributed by atoms with Gasteiger partial charge in [-0.15, -0.1) is 0 Å². The molecule has 0 spiro atoms. The molecule has 1 saturated heterocycles. The molecule has 1 amide bonds. The molecule has 1 atom stereocenters. The lowest BCUT2D eigenvalue weighted by Crippen LogP contribution is -2.22. The van der Waals surface area contributed by atoms with Gasteiger partial charge in [0.25, 0.3) is 5.91 Å². The molecule has 0 aliphatic carbocycles. The minimum Gasteiger partial charge on any atom is -0.366 e. The number of carbonyl (C=O) groups excluding carboxylic acids is 1. The molecule has 0 aromatic carbocycles. The van der Waals surface area contributed by atoms with Crippen molar-refractivity contribution >= 4 is 22.6 Å². The summed E-state index contributed by atoms with van der Waals surface area (Å²) in [5.74, 6) is 0.414. The number of aromatic nitrogens is 4. The molecule has 2 aromatic heterocycles. The van der Waals surface area contributed by atoms with E-state index in [9.17, 15) is 4.79 Å². The van der Waals surface area contributed by atoms with Gasteiger partial charge in [-0.1, -0.05) is 0 Å². The van der Waals surface area contributed by atoms with Gasteiger partial charge in [0.15, 0.2) is 5.82 Å². The Morgan fingerprint density at radius 3 is 3.00 bits per heavy atom. The first-order chi connectivity index (χ1) is 10.5. The highest BCUT2D eigenvalue weighted by Crippen LogP contribution is 2.23. The van der Waals surface area contributed by atoms with Crippen LogP contribution >= 0.6 is 11.5 Å². The highest BCUT2D eigenvalue weighted by Gasteiger charge is 2.26. The Kier molecular flexibility index (Phi) is 4.08. The van der Waals surface area contributed by atoms with Crippen LogP contribution in [0.25, 0.3) is 0 Å². The van der Waals surface area contributed by atoms with Gasteiger partial charge in [0.05, 0.1) is 24.3 Å². The number of likely N-dealkylation sites (tertiary alicyclic amines) is 1. The van der Waals surface area contributed by atoms with Gasteiger partial charge in [0.2, 0.25) is 5.13 Å². The van der Waals surface area contributed by atoms with E-state index in [2.05, 4.69) is 19.4 Å². The summed E-state index contributed by atoms with van der Waals surface area (Å²) in [7, 11) is 3.93. The normalized spacial score (nSPS) is 18.7. The number of hydrogen-bond acceptors (Lipinski definition) is 7. The Morgan fingerprint density at radius 2 is 2.36 bits per heavy atom. The molecule has 1 fully saturated rings. The molecule has 9 heteroatoms. The lowest BCUT2D eigenvalue weighted by molar-refractivity contribution is 0.1000. The first-order valence-corrected chi connectivity index (χ1v) is 7.86. The molecule has 1 aliphatic heterocycles. The van der Waals surface area contributed by atoms with Crippen LogP contribution in [0.3, 0.4) is 0 Å². The van der Waals surface area contributed by atoms with E-state index in [1.165, 1.54) is 17.7 Å². The van der Waals surface area contributed by atoms with E-state index in [4.69, 9.17) is 5.73 Å². The molecule has 3 heterocycles. The van der Waals surface area contributed by atoms with Crippen LogP contribution in [0.2, 0.25) is 0 Å². The average Bonchev–Trinajstić information content (AvgIpc) is 3.18. The summed E-state index contributed by atoms with van der Waals surface area (Å²) in [5.41, 5.74) is 5.71. The number of primary amides is 1. The summed E-state index contributed by atoms with van der Waals surface area (Å²) < 4.78 is 6.22. The Bertz CT molecular complexity index is 665. The molecule has 1 aliphatic rings. The van der Waals surface area contributed by atoms with Crippen molar-refractivity contribution in [3.8, 4) is 0 Å². The first-order valence-electron chi connectivity index (χ1n) is 7.09. The minimum atomic E-state index is -0.441. The second-order valence-corrected chi connectivity index (χ2v) is 6.37. The minimum absolute atomic E-state index is 0.264. The van der Waals surface area contributed by atoms with E-state index in [0.29, 0.717) is 5.56 Å². The van der Waals surface area contributed by atoms with Gasteiger partial charge in [-0.2, -0.15) is 9.47 Å². The van der Waals surface area contributed by atoms with Crippen molar-refractivity contribution in [1.82, 2.24) is 24.0 Å². The van der Waals surface area contributed by atoms with E-state index in [-0.39, 0.29) is 6.04 Å². The maximum atomic E-state index is 11.1. The lowest BCUT2D eigenvalue weighted by atomic mass is 10.3. The highest BCUT2D eigenvalue weighted by atomic mass is 32.1. The number of nitrogens with two attached hydrogens (primary N) is 1. The second kappa shape index (κ2) is 6.01. The highest BCUT2D eigenvalue weighted by molar-refractivity contribution is 7.09. The Labute approximate surface area is 132 Å². The molecule has 2 aromatic rings. The molecule has 0 saturated carbocycles. The third kappa shape index (κ3) is 3.09. The van der Waals surface area contributed by atoms with Crippen LogP contribution in [-0.4, -0.2) is 57.1 Å². The summed E-state index contributed by atoms with van der Waals surface area (Å²) >= 11 is 1.41. The zero-order valence-electron chi connectivity index (χ0n) is 12.6. The molecule has 22 heavy (non-hydrogen) atoms. The zero-order chi connectivity index (χ0) is 15.7. The fourth-order valence-electron chi connectivity index (χ4n) is 2.53. The quantitative estimate of drug-likeness (QED) is 0.854. The largest absolute Gasteiger partial charge is 0.366 e. The van der Waals surface area contributed by atoms with E-state index in [1.807, 2.05) is 23.7 Å². The van der Waals surface area contributed by atoms with Crippen molar-refractivity contribution in [2.45, 2.75) is 19.0 Å². The van der Waals surface area contributed by atoms with Crippen LogP contribution in [-0.2, 0) is 6.54 Å². The fraction of sp³-hybridized carbons (Fsp3) is 0.538. The topological polar surface area (TPSA) is 93.2 Å². The SMILES string of the molecule is CN(C)c1nc(CN2CCC(n3cc(C(N)=O)cn3)C2)ns1. The Balaban J connectivity index is 1.60. The number of amides is 1. The van der Waals surface area contributed by atoms with E-state index >= 15 is 0 Å². The predicted octanol–water partition coefficient (Wildman–Crippen LogP) is 0.346. The summed E-state index contributed by atoms with van der Waals surface area (Å²) in [6.45, 7) is 2.58. The smallest absolute Gasteiger partial charge is 0.251 e. The standard InChI is InChI=1S/C13H19N7OS/c1-18(2)13-16-11(17-22-13)8-19-4-3-10(7-19)20-6-9(5-15-20)12(14)21/h5-6,10H,3-4,7-8H2,1-2H3,(H2,14,21). The fourth-order valence-corrected chi connectivity index (χ4v) is 3.12. The van der Waals surface area contributed by atoms with Crippen molar-refractivity contribution in [3.63, 3.8) is 0 Å². The van der Waals surface area contributed by atoms with Gasteiger partial charge >= 0.3 is 0 Å². The summed E-state index contributed by atoms with van der Waals surface area (Å²) in [4.78, 5) is 19.9. The molecular weight excluding hydrogens is 302 g/mol. The maximum absolute atomic E-state index is 11.1. The van der Waals surface area contributed by atoms with E-state index in [0.717, 1.165) is 37.0 Å². The second-order valence-electron chi connectivity index (χ2n) is 5.64. The van der Waals surface area contributed by atoms with Crippen molar-refractivity contribution in [1.29, 1.82) is 0 Å². The van der Waals surface area contributed by atoms with Crippen molar-refractivity contribution < 1.29 is 4.79 Å². The molecular formula is C13H19N7OS. The molecule has 118 valence electrons. The van der Waals surface area contributed by atoms with E-state index < -0.39 is 5.91 Å². The number of anilines is 1. The van der Waals surface area contributed by atoms with Gasteiger partial charge < -0.3 is 10.6 Å². The van der Waals surface area contributed by atoms with Gasteiger partial charge in [0, 0.05) is 44.9 Å². The van der Waals surface area contributed by atoms with Crippen molar-refractivity contribution in [3.05, 3.63) is 23.8 Å². The van der Waals surface area contributed by atoms with Crippen molar-refractivity contribution in [2.24, 2.45) is 5.73 Å². The van der Waals surface area contributed by atoms with Crippen LogP contribution in [0.4, 0.5) is 5.13 Å². The maximum Gasteiger partial charge on any atom is 0.251 e. The Hall–Kier alpha value is -2.00. The third-order valence-electron chi connectivity index (χ3n) is 3.71. The summed E-state index contributed by atoms with van der Waals surface area (Å²) in [6.07, 6.45) is 4.24. The van der Waals surface area contributed by atoms with Gasteiger partial charge in [-0.3, -0.25) is 14.4 Å². The van der Waals surface area contributed by atoms with Crippen LogP contribution in [0.15, 0.2) is 12.4 Å². The van der Waals surface area contributed by atoms with Gasteiger partial charge in [-0.05, 0) is 6.42 Å². The molecule has 0 radical (unpaired) electrons. The monoisotopic (exact) mass is 321 g/mol. The number of hydrogen-bond donors (Lipinski definition) is 1.